The first kappa shape index (κ1) is 11.3. The molecule has 2 aromatic rings. The van der Waals surface area contributed by atoms with Crippen molar-refractivity contribution >= 4 is 0 Å². The molecule has 1 aliphatic rings. The van der Waals surface area contributed by atoms with Crippen molar-refractivity contribution in [1.82, 2.24) is 5.32 Å². The lowest BCUT2D eigenvalue weighted by Crippen LogP contribution is -2.24. The lowest BCUT2D eigenvalue weighted by molar-refractivity contribution is 0.406. The quantitative estimate of drug-likeness (QED) is 0.869. The molecule has 1 N–H and O–H groups in total. The highest BCUT2D eigenvalue weighted by molar-refractivity contribution is 5.71. The van der Waals surface area contributed by atoms with Crippen LogP contribution < -0.4 is 10.1 Å². The van der Waals surface area contributed by atoms with E-state index < -0.39 is 0 Å². The number of hydrogen-bond donors (Lipinski definition) is 1. The largest absolute Gasteiger partial charge is 0.496 e. The summed E-state index contributed by atoms with van der Waals surface area (Å²) in [6.07, 6.45) is 1.04. The fourth-order valence-electron chi connectivity index (χ4n) is 2.65. The maximum absolute atomic E-state index is 5.48. The molecule has 2 heteroatoms. The van der Waals surface area contributed by atoms with Crippen LogP contribution in [-0.4, -0.2) is 13.7 Å². The van der Waals surface area contributed by atoms with Crippen molar-refractivity contribution in [3.05, 3.63) is 53.6 Å². The van der Waals surface area contributed by atoms with Gasteiger partial charge in [0, 0.05) is 12.1 Å². The Labute approximate surface area is 108 Å². The number of benzene rings is 2. The lowest BCUT2D eigenvalue weighted by atomic mass is 9.91. The molecule has 0 atom stereocenters. The Kier molecular flexibility index (Phi) is 3.03. The SMILES string of the molecule is COc1ccc(-c2ccccc2)c2c1CCNC2. The molecule has 0 aliphatic carbocycles. The normalized spacial score (nSPS) is 14.1. The van der Waals surface area contributed by atoms with Crippen molar-refractivity contribution in [2.24, 2.45) is 0 Å². The molecule has 0 saturated heterocycles. The van der Waals surface area contributed by atoms with Crippen LogP contribution in [0.1, 0.15) is 11.1 Å². The topological polar surface area (TPSA) is 21.3 Å². The third kappa shape index (κ3) is 1.89. The molecule has 0 unspecified atom stereocenters. The van der Waals surface area contributed by atoms with Gasteiger partial charge in [0.1, 0.15) is 5.75 Å². The monoisotopic (exact) mass is 239 g/mol. The molecule has 18 heavy (non-hydrogen) atoms. The summed E-state index contributed by atoms with van der Waals surface area (Å²) in [5, 5.41) is 3.45. The number of hydrogen-bond acceptors (Lipinski definition) is 2. The first-order valence-electron chi connectivity index (χ1n) is 6.35. The van der Waals surface area contributed by atoms with Crippen molar-refractivity contribution in [2.75, 3.05) is 13.7 Å². The summed E-state index contributed by atoms with van der Waals surface area (Å²) in [5.41, 5.74) is 5.34. The number of methoxy groups -OCH3 is 1. The minimum atomic E-state index is 0.927. The van der Waals surface area contributed by atoms with E-state index in [1.165, 1.54) is 22.3 Å². The van der Waals surface area contributed by atoms with Crippen LogP contribution >= 0.6 is 0 Å². The van der Waals surface area contributed by atoms with E-state index in [0.717, 1.165) is 25.3 Å². The molecule has 0 saturated carbocycles. The van der Waals surface area contributed by atoms with Gasteiger partial charge in [-0.25, -0.2) is 0 Å². The zero-order valence-electron chi connectivity index (χ0n) is 10.6. The second-order valence-corrected chi connectivity index (χ2v) is 4.57. The Morgan fingerprint density at radius 2 is 1.83 bits per heavy atom. The van der Waals surface area contributed by atoms with Gasteiger partial charge < -0.3 is 10.1 Å². The van der Waals surface area contributed by atoms with E-state index in [1.54, 1.807) is 7.11 Å². The Hall–Kier alpha value is -1.80. The van der Waals surface area contributed by atoms with Gasteiger partial charge in [-0.2, -0.15) is 0 Å². The van der Waals surface area contributed by atoms with E-state index in [0.29, 0.717) is 0 Å². The van der Waals surface area contributed by atoms with Crippen LogP contribution in [0.4, 0.5) is 0 Å². The van der Waals surface area contributed by atoms with Crippen molar-refractivity contribution in [3.63, 3.8) is 0 Å². The fraction of sp³-hybridized carbons (Fsp3) is 0.250. The van der Waals surface area contributed by atoms with Crippen LogP contribution in [0.25, 0.3) is 11.1 Å². The number of fused-ring (bicyclic) bond motifs is 1. The summed E-state index contributed by atoms with van der Waals surface area (Å²) in [6, 6.07) is 14.8. The van der Waals surface area contributed by atoms with Gasteiger partial charge in [0.2, 0.25) is 0 Å². The van der Waals surface area contributed by atoms with Crippen molar-refractivity contribution < 1.29 is 4.74 Å². The minimum Gasteiger partial charge on any atom is -0.496 e. The minimum absolute atomic E-state index is 0.927. The Morgan fingerprint density at radius 3 is 2.61 bits per heavy atom. The first-order valence-corrected chi connectivity index (χ1v) is 6.35. The molecular formula is C16H17NO. The summed E-state index contributed by atoms with van der Waals surface area (Å²) in [7, 11) is 1.75. The second-order valence-electron chi connectivity index (χ2n) is 4.57. The van der Waals surface area contributed by atoms with E-state index in [4.69, 9.17) is 4.74 Å². The molecule has 0 radical (unpaired) electrons. The zero-order valence-corrected chi connectivity index (χ0v) is 10.6. The van der Waals surface area contributed by atoms with Crippen LogP contribution in [0.2, 0.25) is 0 Å². The standard InChI is InChI=1S/C16H17NO/c1-18-16-8-7-13(12-5-3-2-4-6-12)15-11-17-10-9-14(15)16/h2-8,17H,9-11H2,1H3. The third-order valence-electron chi connectivity index (χ3n) is 3.55. The average molecular weight is 239 g/mol. The summed E-state index contributed by atoms with van der Waals surface area (Å²) in [5.74, 6) is 1.02. The van der Waals surface area contributed by atoms with Gasteiger partial charge in [-0.1, -0.05) is 36.4 Å². The second kappa shape index (κ2) is 4.83. The van der Waals surface area contributed by atoms with E-state index in [2.05, 4.69) is 47.8 Å². The van der Waals surface area contributed by atoms with Gasteiger partial charge in [-0.15, -0.1) is 0 Å². The number of ether oxygens (including phenoxy) is 1. The molecule has 3 rings (SSSR count). The molecule has 1 heterocycles. The van der Waals surface area contributed by atoms with Gasteiger partial charge in [-0.05, 0) is 35.7 Å². The highest BCUT2D eigenvalue weighted by Crippen LogP contribution is 2.33. The van der Waals surface area contributed by atoms with Gasteiger partial charge in [-0.3, -0.25) is 0 Å². The third-order valence-corrected chi connectivity index (χ3v) is 3.55. The predicted octanol–water partition coefficient (Wildman–Crippen LogP) is 3.01. The van der Waals surface area contributed by atoms with E-state index >= 15 is 0 Å². The molecule has 0 spiro atoms. The molecule has 1 aliphatic heterocycles. The fourth-order valence-corrected chi connectivity index (χ4v) is 2.65. The van der Waals surface area contributed by atoms with Crippen LogP contribution in [0.5, 0.6) is 5.75 Å². The highest BCUT2D eigenvalue weighted by atomic mass is 16.5. The van der Waals surface area contributed by atoms with E-state index in [9.17, 15) is 0 Å². The smallest absolute Gasteiger partial charge is 0.122 e. The van der Waals surface area contributed by atoms with Gasteiger partial charge >= 0.3 is 0 Å². The van der Waals surface area contributed by atoms with Crippen LogP contribution in [-0.2, 0) is 13.0 Å². The Morgan fingerprint density at radius 1 is 1.00 bits per heavy atom. The first-order chi connectivity index (χ1) is 8.90. The van der Waals surface area contributed by atoms with Gasteiger partial charge in [0.25, 0.3) is 0 Å². The molecule has 2 aromatic carbocycles. The summed E-state index contributed by atoms with van der Waals surface area (Å²) >= 11 is 0. The zero-order chi connectivity index (χ0) is 12.4. The summed E-state index contributed by atoms with van der Waals surface area (Å²) in [4.78, 5) is 0. The average Bonchev–Trinajstić information content (AvgIpc) is 2.47. The predicted molar refractivity (Wildman–Crippen MR) is 73.8 cm³/mol. The maximum Gasteiger partial charge on any atom is 0.122 e. The molecule has 2 nitrogen and oxygen atoms in total. The van der Waals surface area contributed by atoms with Gasteiger partial charge in [0.15, 0.2) is 0 Å². The molecule has 92 valence electrons. The van der Waals surface area contributed by atoms with Crippen molar-refractivity contribution in [2.45, 2.75) is 13.0 Å². The van der Waals surface area contributed by atoms with Crippen LogP contribution in [0.15, 0.2) is 42.5 Å². The van der Waals surface area contributed by atoms with Crippen molar-refractivity contribution in [3.8, 4) is 16.9 Å². The maximum atomic E-state index is 5.48. The molecule has 0 aromatic heterocycles. The van der Waals surface area contributed by atoms with E-state index in [1.807, 2.05) is 0 Å². The van der Waals surface area contributed by atoms with Crippen LogP contribution in [0.3, 0.4) is 0 Å². The molecular weight excluding hydrogens is 222 g/mol. The number of rotatable bonds is 2. The van der Waals surface area contributed by atoms with Crippen LogP contribution in [0, 0.1) is 0 Å². The van der Waals surface area contributed by atoms with Crippen molar-refractivity contribution in [1.29, 1.82) is 0 Å². The Balaban J connectivity index is 2.17. The number of nitrogens with one attached hydrogen (secondary N) is 1. The molecule has 0 fully saturated rings. The summed E-state index contributed by atoms with van der Waals surface area (Å²) in [6.45, 7) is 1.96. The molecule has 0 bridgehead atoms. The summed E-state index contributed by atoms with van der Waals surface area (Å²) < 4.78 is 5.48. The Bertz CT molecular complexity index is 549. The highest BCUT2D eigenvalue weighted by Gasteiger charge is 2.17. The van der Waals surface area contributed by atoms with Gasteiger partial charge in [0.05, 0.1) is 7.11 Å². The van der Waals surface area contributed by atoms with E-state index in [-0.39, 0.29) is 0 Å². The lowest BCUT2D eigenvalue weighted by Gasteiger charge is -2.23. The molecule has 0 amide bonds.